The van der Waals surface area contributed by atoms with E-state index < -0.39 is 16.1 Å². The molecule has 0 saturated carbocycles. The molecule has 0 atom stereocenters. The van der Waals surface area contributed by atoms with Gasteiger partial charge in [-0.1, -0.05) is 84.0 Å². The van der Waals surface area contributed by atoms with Crippen molar-refractivity contribution in [2.75, 3.05) is 17.7 Å². The Bertz CT molecular complexity index is 1090. The number of urea groups is 1. The van der Waals surface area contributed by atoms with E-state index in [4.69, 9.17) is 4.74 Å². The number of carbonyl (C=O) groups is 2. The summed E-state index contributed by atoms with van der Waals surface area (Å²) in [7, 11) is -2.55. The van der Waals surface area contributed by atoms with E-state index in [1.54, 1.807) is 24.3 Å². The third kappa shape index (κ3) is 13.5. The van der Waals surface area contributed by atoms with Crippen molar-refractivity contribution in [1.29, 1.82) is 0 Å². The van der Waals surface area contributed by atoms with Gasteiger partial charge in [-0.25, -0.2) is 17.9 Å². The molecular formula is C30H45N3O5S. The molecule has 2 rings (SSSR count). The Morgan fingerprint density at radius 2 is 1.13 bits per heavy atom. The number of ether oxygens (including phenoxy) is 1. The smallest absolute Gasteiger partial charge is 0.333 e. The summed E-state index contributed by atoms with van der Waals surface area (Å²) in [5.41, 5.74) is 1.01. The molecule has 39 heavy (non-hydrogen) atoms. The number of sulfonamides is 1. The van der Waals surface area contributed by atoms with Crippen LogP contribution in [-0.4, -0.2) is 27.5 Å². The number of benzene rings is 2. The van der Waals surface area contributed by atoms with Gasteiger partial charge in [0.05, 0.1) is 12.0 Å². The quantitative estimate of drug-likeness (QED) is 0.153. The summed E-state index contributed by atoms with van der Waals surface area (Å²) in [5, 5.41) is 5.35. The maximum absolute atomic E-state index is 12.4. The monoisotopic (exact) mass is 559 g/mol. The molecule has 0 bridgehead atoms. The highest BCUT2D eigenvalue weighted by atomic mass is 32.2. The second-order valence-corrected chi connectivity index (χ2v) is 11.5. The van der Waals surface area contributed by atoms with Gasteiger partial charge in [-0.05, 0) is 55.0 Å². The lowest BCUT2D eigenvalue weighted by molar-refractivity contribution is -0.116. The second kappa shape index (κ2) is 18.3. The van der Waals surface area contributed by atoms with Gasteiger partial charge in [0, 0.05) is 17.8 Å². The summed E-state index contributed by atoms with van der Waals surface area (Å²) in [4.78, 5) is 24.4. The van der Waals surface area contributed by atoms with Crippen LogP contribution < -0.4 is 20.1 Å². The van der Waals surface area contributed by atoms with Gasteiger partial charge in [-0.15, -0.1) is 0 Å². The van der Waals surface area contributed by atoms with Crippen LogP contribution in [0.2, 0.25) is 0 Å². The largest absolute Gasteiger partial charge is 0.497 e. The maximum atomic E-state index is 12.4. The summed E-state index contributed by atoms with van der Waals surface area (Å²) in [6.45, 7) is 2.25. The molecule has 3 N–H and O–H groups in total. The minimum atomic E-state index is -4.03. The number of rotatable bonds is 19. The van der Waals surface area contributed by atoms with Crippen molar-refractivity contribution in [2.24, 2.45) is 0 Å². The third-order valence-electron chi connectivity index (χ3n) is 6.53. The first kappa shape index (κ1) is 32.1. The number of nitrogens with one attached hydrogen (secondary N) is 3. The van der Waals surface area contributed by atoms with Crippen LogP contribution in [0.15, 0.2) is 53.4 Å². The maximum Gasteiger partial charge on any atom is 0.333 e. The van der Waals surface area contributed by atoms with Gasteiger partial charge in [0.15, 0.2) is 0 Å². The highest BCUT2D eigenvalue weighted by molar-refractivity contribution is 7.90. The van der Waals surface area contributed by atoms with E-state index in [0.29, 0.717) is 23.5 Å². The van der Waals surface area contributed by atoms with Crippen LogP contribution >= 0.6 is 0 Å². The van der Waals surface area contributed by atoms with Gasteiger partial charge in [-0.3, -0.25) is 4.79 Å². The molecule has 9 heteroatoms. The van der Waals surface area contributed by atoms with Crippen molar-refractivity contribution in [3.63, 3.8) is 0 Å². The number of anilines is 2. The van der Waals surface area contributed by atoms with Crippen molar-refractivity contribution in [3.8, 4) is 5.75 Å². The number of hydrogen-bond donors (Lipinski definition) is 3. The second-order valence-electron chi connectivity index (χ2n) is 9.85. The molecule has 0 radical (unpaired) electrons. The Hall–Kier alpha value is -3.07. The summed E-state index contributed by atoms with van der Waals surface area (Å²) in [6, 6.07) is 11.3. The first-order valence-electron chi connectivity index (χ1n) is 14.2. The predicted octanol–water partition coefficient (Wildman–Crippen LogP) is 7.63. The van der Waals surface area contributed by atoms with Crippen LogP contribution in [-0.2, 0) is 14.8 Å². The Morgan fingerprint density at radius 1 is 0.667 bits per heavy atom. The first-order valence-corrected chi connectivity index (χ1v) is 15.7. The number of hydrogen-bond acceptors (Lipinski definition) is 5. The fourth-order valence-corrected chi connectivity index (χ4v) is 5.16. The van der Waals surface area contributed by atoms with Crippen molar-refractivity contribution >= 4 is 33.3 Å². The summed E-state index contributed by atoms with van der Waals surface area (Å²) in [5.74, 6) is 0.469. The molecule has 0 aliphatic heterocycles. The van der Waals surface area contributed by atoms with Crippen molar-refractivity contribution in [2.45, 2.75) is 102 Å². The molecule has 0 aliphatic carbocycles. The number of amides is 3. The molecule has 0 saturated heterocycles. The molecule has 216 valence electrons. The van der Waals surface area contributed by atoms with Gasteiger partial charge >= 0.3 is 6.03 Å². The zero-order valence-electron chi connectivity index (χ0n) is 23.5. The molecule has 3 amide bonds. The van der Waals surface area contributed by atoms with E-state index in [1.165, 1.54) is 102 Å². The summed E-state index contributed by atoms with van der Waals surface area (Å²) >= 11 is 0. The van der Waals surface area contributed by atoms with Gasteiger partial charge in [0.2, 0.25) is 5.91 Å². The fraction of sp³-hybridized carbons (Fsp3) is 0.533. The highest BCUT2D eigenvalue weighted by Gasteiger charge is 2.17. The molecule has 8 nitrogen and oxygen atoms in total. The van der Waals surface area contributed by atoms with Gasteiger partial charge in [0.25, 0.3) is 10.0 Å². The summed E-state index contributed by atoms with van der Waals surface area (Å²) < 4.78 is 31.8. The Kier molecular flexibility index (Phi) is 15.0. The molecule has 2 aromatic carbocycles. The van der Waals surface area contributed by atoms with Crippen molar-refractivity contribution in [1.82, 2.24) is 4.72 Å². The van der Waals surface area contributed by atoms with Crippen LogP contribution in [0.1, 0.15) is 96.8 Å². The molecule has 0 fully saturated rings. The predicted molar refractivity (Wildman–Crippen MR) is 158 cm³/mol. The minimum Gasteiger partial charge on any atom is -0.497 e. The topological polar surface area (TPSA) is 114 Å². The van der Waals surface area contributed by atoms with Crippen molar-refractivity contribution in [3.05, 3.63) is 48.5 Å². The Labute approximate surface area is 234 Å². The average Bonchev–Trinajstić information content (AvgIpc) is 2.92. The lowest BCUT2D eigenvalue weighted by Gasteiger charge is -2.10. The van der Waals surface area contributed by atoms with E-state index in [1.807, 2.05) is 4.72 Å². The fourth-order valence-electron chi connectivity index (χ4n) is 4.26. The van der Waals surface area contributed by atoms with Gasteiger partial charge in [-0.2, -0.15) is 0 Å². The lowest BCUT2D eigenvalue weighted by Crippen LogP contribution is -2.34. The van der Waals surface area contributed by atoms with Crippen molar-refractivity contribution < 1.29 is 22.7 Å². The molecule has 0 spiro atoms. The molecule has 0 aromatic heterocycles. The van der Waals surface area contributed by atoms with E-state index in [9.17, 15) is 18.0 Å². The first-order chi connectivity index (χ1) is 18.8. The van der Waals surface area contributed by atoms with Gasteiger partial charge in [0.1, 0.15) is 5.75 Å². The lowest BCUT2D eigenvalue weighted by atomic mass is 10.0. The van der Waals surface area contributed by atoms with Crippen LogP contribution in [0.4, 0.5) is 16.2 Å². The van der Waals surface area contributed by atoms with Crippen LogP contribution in [0.25, 0.3) is 0 Å². The third-order valence-corrected chi connectivity index (χ3v) is 7.88. The zero-order valence-corrected chi connectivity index (χ0v) is 24.3. The SMILES string of the molecule is CCCCCCCCCCCCCCCC(=O)Nc1ccc(NC(=O)NS(=O)(=O)c2ccc(OC)cc2)cc1. The molecule has 0 aliphatic rings. The standard InChI is InChI=1S/C30H45N3O5S/c1-3-4-5-6-7-8-9-10-11-12-13-14-15-16-29(34)31-25-17-19-26(20-18-25)32-30(35)33-39(36,37)28-23-21-27(38-2)22-24-28/h17-24H,3-16H2,1-2H3,(H,31,34)(H2,32,33,35). The Balaban J connectivity index is 1.58. The molecule has 2 aromatic rings. The van der Waals surface area contributed by atoms with E-state index >= 15 is 0 Å². The average molecular weight is 560 g/mol. The van der Waals surface area contributed by atoms with Crippen LogP contribution in [0.3, 0.4) is 0 Å². The zero-order chi connectivity index (χ0) is 28.3. The van der Waals surface area contributed by atoms with Gasteiger partial charge < -0.3 is 15.4 Å². The normalized spacial score (nSPS) is 11.1. The van der Waals surface area contributed by atoms with E-state index in [2.05, 4.69) is 17.6 Å². The summed E-state index contributed by atoms with van der Waals surface area (Å²) in [6.07, 6.45) is 16.9. The molecule has 0 heterocycles. The van der Waals surface area contributed by atoms with E-state index in [0.717, 1.165) is 12.8 Å². The highest BCUT2D eigenvalue weighted by Crippen LogP contribution is 2.17. The number of carbonyl (C=O) groups excluding carboxylic acids is 2. The van der Waals surface area contributed by atoms with E-state index in [-0.39, 0.29) is 10.8 Å². The minimum absolute atomic E-state index is 0.0397. The molecule has 0 unspecified atom stereocenters. The molecular weight excluding hydrogens is 514 g/mol. The van der Waals surface area contributed by atoms with Crippen LogP contribution in [0.5, 0.6) is 5.75 Å². The number of methoxy groups -OCH3 is 1. The number of unbranched alkanes of at least 4 members (excludes halogenated alkanes) is 12. The Morgan fingerprint density at radius 3 is 1.62 bits per heavy atom. The van der Waals surface area contributed by atoms with Crippen LogP contribution in [0, 0.1) is 0 Å².